The monoisotopic (exact) mass is 362 g/mol. The number of halogens is 1. The molecule has 2 aromatic carbocycles. The van der Waals surface area contributed by atoms with Gasteiger partial charge in [-0.15, -0.1) is 0 Å². The van der Waals surface area contributed by atoms with Crippen LogP contribution in [0.4, 0.5) is 11.4 Å². The standard InChI is InChI=1S/C16H15BrN2O3/c1-2-14(12-4-6-13(17)7-5-12)18-15-8-3-11(10-20)9-16(15)19(21)22/h3-10,14,18H,2H2,1H3/t14-/m1/s1. The molecule has 1 atom stereocenters. The summed E-state index contributed by atoms with van der Waals surface area (Å²) in [5.74, 6) is 0. The summed E-state index contributed by atoms with van der Waals surface area (Å²) in [5.41, 5.74) is 1.64. The lowest BCUT2D eigenvalue weighted by atomic mass is 10.0. The summed E-state index contributed by atoms with van der Waals surface area (Å²) in [6.45, 7) is 2.01. The lowest BCUT2D eigenvalue weighted by molar-refractivity contribution is -0.384. The van der Waals surface area contributed by atoms with Crippen LogP contribution >= 0.6 is 15.9 Å². The molecule has 0 aliphatic rings. The molecular formula is C16H15BrN2O3. The van der Waals surface area contributed by atoms with E-state index in [1.54, 1.807) is 12.1 Å². The molecule has 0 aliphatic heterocycles. The van der Waals surface area contributed by atoms with Gasteiger partial charge in [-0.3, -0.25) is 14.9 Å². The van der Waals surface area contributed by atoms with E-state index in [9.17, 15) is 14.9 Å². The van der Waals surface area contributed by atoms with Crippen LogP contribution in [0.2, 0.25) is 0 Å². The fourth-order valence-corrected chi connectivity index (χ4v) is 2.46. The number of rotatable bonds is 6. The normalized spacial score (nSPS) is 11.7. The number of nitrogens with zero attached hydrogens (tertiary/aromatic N) is 1. The van der Waals surface area contributed by atoms with Gasteiger partial charge >= 0.3 is 0 Å². The van der Waals surface area contributed by atoms with Crippen molar-refractivity contribution in [1.82, 2.24) is 0 Å². The van der Waals surface area contributed by atoms with Crippen LogP contribution < -0.4 is 5.32 Å². The molecule has 114 valence electrons. The zero-order valence-electron chi connectivity index (χ0n) is 12.0. The first kappa shape index (κ1) is 16.2. The maximum atomic E-state index is 11.2. The Morgan fingerprint density at radius 3 is 2.50 bits per heavy atom. The van der Waals surface area contributed by atoms with Gasteiger partial charge in [-0.2, -0.15) is 0 Å². The molecule has 1 N–H and O–H groups in total. The largest absolute Gasteiger partial charge is 0.373 e. The SMILES string of the molecule is CC[C@@H](Nc1ccc(C=O)cc1[N+](=O)[O-])c1ccc(Br)cc1. The highest BCUT2D eigenvalue weighted by molar-refractivity contribution is 9.10. The molecule has 0 bridgehead atoms. The summed E-state index contributed by atoms with van der Waals surface area (Å²) in [6.07, 6.45) is 1.37. The van der Waals surface area contributed by atoms with E-state index in [-0.39, 0.29) is 17.3 Å². The van der Waals surface area contributed by atoms with Crippen LogP contribution in [0.25, 0.3) is 0 Å². The van der Waals surface area contributed by atoms with Gasteiger partial charge < -0.3 is 5.32 Å². The minimum absolute atomic E-state index is 0.0473. The molecule has 0 unspecified atom stereocenters. The van der Waals surface area contributed by atoms with E-state index in [1.165, 1.54) is 6.07 Å². The van der Waals surface area contributed by atoms with Gasteiger partial charge in [0.25, 0.3) is 5.69 Å². The van der Waals surface area contributed by atoms with Crippen LogP contribution in [0.15, 0.2) is 46.9 Å². The first-order valence-electron chi connectivity index (χ1n) is 6.80. The number of aldehydes is 1. The quantitative estimate of drug-likeness (QED) is 0.457. The number of nitro benzene ring substituents is 1. The highest BCUT2D eigenvalue weighted by atomic mass is 79.9. The van der Waals surface area contributed by atoms with Gasteiger partial charge in [0.1, 0.15) is 12.0 Å². The van der Waals surface area contributed by atoms with E-state index < -0.39 is 4.92 Å². The molecule has 0 amide bonds. The maximum Gasteiger partial charge on any atom is 0.293 e. The van der Waals surface area contributed by atoms with E-state index in [2.05, 4.69) is 21.2 Å². The zero-order chi connectivity index (χ0) is 16.1. The summed E-state index contributed by atoms with van der Waals surface area (Å²) >= 11 is 3.39. The Labute approximate surface area is 136 Å². The third kappa shape index (κ3) is 3.71. The van der Waals surface area contributed by atoms with Crippen molar-refractivity contribution in [2.45, 2.75) is 19.4 Å². The van der Waals surface area contributed by atoms with E-state index in [4.69, 9.17) is 0 Å². The lowest BCUT2D eigenvalue weighted by Crippen LogP contribution is -2.11. The van der Waals surface area contributed by atoms with Crippen molar-refractivity contribution in [3.63, 3.8) is 0 Å². The van der Waals surface area contributed by atoms with Gasteiger partial charge in [-0.1, -0.05) is 35.0 Å². The van der Waals surface area contributed by atoms with Crippen LogP contribution in [0.5, 0.6) is 0 Å². The maximum absolute atomic E-state index is 11.2. The van der Waals surface area contributed by atoms with E-state index in [0.717, 1.165) is 16.5 Å². The molecule has 0 spiro atoms. The van der Waals surface area contributed by atoms with Gasteiger partial charge in [0.2, 0.25) is 0 Å². The highest BCUT2D eigenvalue weighted by Gasteiger charge is 2.18. The van der Waals surface area contributed by atoms with Crippen molar-refractivity contribution >= 4 is 33.6 Å². The topological polar surface area (TPSA) is 72.2 Å². The number of anilines is 1. The second-order valence-corrected chi connectivity index (χ2v) is 5.72. The summed E-state index contributed by atoms with van der Waals surface area (Å²) in [4.78, 5) is 21.5. The third-order valence-corrected chi connectivity index (χ3v) is 3.89. The van der Waals surface area contributed by atoms with E-state index in [1.807, 2.05) is 31.2 Å². The van der Waals surface area contributed by atoms with Crippen molar-refractivity contribution in [3.05, 3.63) is 68.2 Å². The smallest absolute Gasteiger partial charge is 0.293 e. The molecule has 6 heteroatoms. The molecule has 2 aromatic rings. The molecule has 0 aliphatic carbocycles. The van der Waals surface area contributed by atoms with Gasteiger partial charge in [0.05, 0.1) is 11.0 Å². The number of benzene rings is 2. The molecule has 22 heavy (non-hydrogen) atoms. The Morgan fingerprint density at radius 2 is 1.95 bits per heavy atom. The van der Waals surface area contributed by atoms with Crippen LogP contribution in [-0.2, 0) is 0 Å². The van der Waals surface area contributed by atoms with Crippen molar-refractivity contribution in [2.75, 3.05) is 5.32 Å². The van der Waals surface area contributed by atoms with Gasteiger partial charge in [-0.25, -0.2) is 0 Å². The lowest BCUT2D eigenvalue weighted by Gasteiger charge is -2.19. The number of carbonyl (C=O) groups is 1. The Hall–Kier alpha value is -2.21. The third-order valence-electron chi connectivity index (χ3n) is 3.36. The second kappa shape index (κ2) is 7.17. The zero-order valence-corrected chi connectivity index (χ0v) is 13.5. The highest BCUT2D eigenvalue weighted by Crippen LogP contribution is 2.30. The number of nitrogens with one attached hydrogen (secondary N) is 1. The minimum atomic E-state index is -0.483. The Morgan fingerprint density at radius 1 is 1.27 bits per heavy atom. The van der Waals surface area contributed by atoms with Gasteiger partial charge in [-0.05, 0) is 36.2 Å². The molecule has 0 saturated carbocycles. The van der Waals surface area contributed by atoms with E-state index in [0.29, 0.717) is 12.0 Å². The van der Waals surface area contributed by atoms with Crippen molar-refractivity contribution in [1.29, 1.82) is 0 Å². The number of nitro groups is 1. The van der Waals surface area contributed by atoms with Gasteiger partial charge in [0, 0.05) is 16.1 Å². The predicted molar refractivity (Wildman–Crippen MR) is 89.3 cm³/mol. The summed E-state index contributed by atoms with van der Waals surface area (Å²) in [7, 11) is 0. The number of hydrogen-bond acceptors (Lipinski definition) is 4. The molecule has 2 rings (SSSR count). The fourth-order valence-electron chi connectivity index (χ4n) is 2.20. The molecule has 0 fully saturated rings. The molecule has 0 saturated heterocycles. The Kier molecular flexibility index (Phi) is 5.27. The molecule has 5 nitrogen and oxygen atoms in total. The Balaban J connectivity index is 2.33. The summed E-state index contributed by atoms with van der Waals surface area (Å²) < 4.78 is 0.979. The van der Waals surface area contributed by atoms with Crippen molar-refractivity contribution in [3.8, 4) is 0 Å². The first-order chi connectivity index (χ1) is 10.5. The summed E-state index contributed by atoms with van der Waals surface area (Å²) in [6, 6.07) is 12.2. The van der Waals surface area contributed by atoms with Gasteiger partial charge in [0.15, 0.2) is 0 Å². The van der Waals surface area contributed by atoms with Crippen LogP contribution in [0.1, 0.15) is 35.3 Å². The predicted octanol–water partition coefficient (Wildman–Crippen LogP) is 4.73. The fraction of sp³-hybridized carbons (Fsp3) is 0.188. The van der Waals surface area contributed by atoms with E-state index >= 15 is 0 Å². The van der Waals surface area contributed by atoms with Crippen LogP contribution in [-0.4, -0.2) is 11.2 Å². The van der Waals surface area contributed by atoms with Crippen molar-refractivity contribution < 1.29 is 9.72 Å². The van der Waals surface area contributed by atoms with Crippen LogP contribution in [0.3, 0.4) is 0 Å². The van der Waals surface area contributed by atoms with Crippen molar-refractivity contribution in [2.24, 2.45) is 0 Å². The molecular weight excluding hydrogens is 348 g/mol. The number of carbonyl (C=O) groups excluding carboxylic acids is 1. The molecule has 0 radical (unpaired) electrons. The second-order valence-electron chi connectivity index (χ2n) is 4.81. The average molecular weight is 363 g/mol. The minimum Gasteiger partial charge on any atom is -0.373 e. The summed E-state index contributed by atoms with van der Waals surface area (Å²) in [5, 5.41) is 14.4. The molecule has 0 aromatic heterocycles. The average Bonchev–Trinajstić information content (AvgIpc) is 2.53. The first-order valence-corrected chi connectivity index (χ1v) is 7.60. The van der Waals surface area contributed by atoms with Crippen LogP contribution in [0, 0.1) is 10.1 Å². The number of hydrogen-bond donors (Lipinski definition) is 1. The molecule has 0 heterocycles. The Bertz CT molecular complexity index is 686.